The van der Waals surface area contributed by atoms with Crippen LogP contribution in [0.3, 0.4) is 0 Å². The lowest BCUT2D eigenvalue weighted by Crippen LogP contribution is -2.32. The van der Waals surface area contributed by atoms with Gasteiger partial charge in [-0.25, -0.2) is 0 Å². The maximum atomic E-state index is 12.4. The maximum absolute atomic E-state index is 12.4. The number of nitrogens with zero attached hydrogens (tertiary/aromatic N) is 2. The van der Waals surface area contributed by atoms with Crippen molar-refractivity contribution < 1.29 is 13.2 Å². The van der Waals surface area contributed by atoms with Crippen LogP contribution in [0.15, 0.2) is 23.2 Å². The van der Waals surface area contributed by atoms with E-state index >= 15 is 0 Å². The number of benzene rings is 1. The van der Waals surface area contributed by atoms with E-state index in [1.165, 1.54) is 22.4 Å². The zero-order valence-corrected chi connectivity index (χ0v) is 16.3. The van der Waals surface area contributed by atoms with Crippen LogP contribution in [0.2, 0.25) is 0 Å². The van der Waals surface area contributed by atoms with E-state index in [0.29, 0.717) is 25.6 Å². The van der Waals surface area contributed by atoms with Crippen LogP contribution in [-0.4, -0.2) is 43.2 Å². The van der Waals surface area contributed by atoms with Gasteiger partial charge in [0.25, 0.3) is 0 Å². The molecule has 0 aromatic heterocycles. The van der Waals surface area contributed by atoms with Crippen molar-refractivity contribution >= 4 is 35.6 Å². The van der Waals surface area contributed by atoms with E-state index in [9.17, 15) is 13.2 Å². The molecular formula is C17H24F3IN4. The number of halogens is 4. The number of fused-ring (bicyclic) bond motifs is 1. The van der Waals surface area contributed by atoms with E-state index in [2.05, 4.69) is 22.4 Å². The summed E-state index contributed by atoms with van der Waals surface area (Å²) in [6.07, 6.45) is 0.0186. The summed E-state index contributed by atoms with van der Waals surface area (Å²) < 4.78 is 37.2. The zero-order valence-electron chi connectivity index (χ0n) is 14.0. The SMILES string of the molecule is I.NC(=NCC1CCN(CC(F)(F)F)C1)Nc1ccc2c(c1)CCC2. The van der Waals surface area contributed by atoms with E-state index < -0.39 is 12.7 Å². The highest BCUT2D eigenvalue weighted by molar-refractivity contribution is 14.0. The van der Waals surface area contributed by atoms with Gasteiger partial charge in [-0.15, -0.1) is 24.0 Å². The lowest BCUT2D eigenvalue weighted by Gasteiger charge is -2.17. The van der Waals surface area contributed by atoms with Gasteiger partial charge in [0.15, 0.2) is 5.96 Å². The smallest absolute Gasteiger partial charge is 0.370 e. The predicted octanol–water partition coefficient (Wildman–Crippen LogP) is 3.40. The first-order chi connectivity index (χ1) is 11.4. The summed E-state index contributed by atoms with van der Waals surface area (Å²) in [5.41, 5.74) is 9.58. The van der Waals surface area contributed by atoms with Crippen LogP contribution in [0, 0.1) is 5.92 Å². The molecule has 0 spiro atoms. The molecule has 0 bridgehead atoms. The quantitative estimate of drug-likeness (QED) is 0.405. The first-order valence-electron chi connectivity index (χ1n) is 8.37. The van der Waals surface area contributed by atoms with Crippen molar-refractivity contribution in [1.29, 1.82) is 0 Å². The van der Waals surface area contributed by atoms with E-state index in [4.69, 9.17) is 5.73 Å². The van der Waals surface area contributed by atoms with Crippen LogP contribution in [0.25, 0.3) is 0 Å². The molecule has 0 saturated carbocycles. The number of nitrogens with one attached hydrogen (secondary N) is 1. The summed E-state index contributed by atoms with van der Waals surface area (Å²) in [4.78, 5) is 5.74. The highest BCUT2D eigenvalue weighted by Crippen LogP contribution is 2.25. The molecule has 1 fully saturated rings. The fourth-order valence-corrected chi connectivity index (χ4v) is 3.52. The molecule has 0 amide bonds. The Balaban J connectivity index is 0.00000225. The molecule has 1 unspecified atom stereocenters. The third kappa shape index (κ3) is 6.02. The average molecular weight is 468 g/mol. The van der Waals surface area contributed by atoms with Gasteiger partial charge < -0.3 is 11.1 Å². The molecule has 0 radical (unpaired) electrons. The van der Waals surface area contributed by atoms with Crippen LogP contribution in [-0.2, 0) is 12.8 Å². The van der Waals surface area contributed by atoms with Gasteiger partial charge in [-0.3, -0.25) is 9.89 Å². The van der Waals surface area contributed by atoms with Gasteiger partial charge in [0.05, 0.1) is 6.54 Å². The summed E-state index contributed by atoms with van der Waals surface area (Å²) in [5, 5.41) is 3.08. The Hall–Kier alpha value is -1.03. The molecule has 25 heavy (non-hydrogen) atoms. The number of nitrogens with two attached hydrogens (primary N) is 1. The topological polar surface area (TPSA) is 53.6 Å². The molecule has 1 aliphatic carbocycles. The number of anilines is 1. The largest absolute Gasteiger partial charge is 0.401 e. The van der Waals surface area contributed by atoms with E-state index in [0.717, 1.165) is 24.9 Å². The molecule has 1 atom stereocenters. The molecular weight excluding hydrogens is 444 g/mol. The molecule has 1 aromatic rings. The first-order valence-corrected chi connectivity index (χ1v) is 8.37. The van der Waals surface area contributed by atoms with E-state index in [1.54, 1.807) is 0 Å². The number of guanidine groups is 1. The highest BCUT2D eigenvalue weighted by Gasteiger charge is 2.34. The van der Waals surface area contributed by atoms with Gasteiger partial charge in [0.2, 0.25) is 0 Å². The summed E-state index contributed by atoms with van der Waals surface area (Å²) >= 11 is 0. The van der Waals surface area contributed by atoms with Gasteiger partial charge in [-0.2, -0.15) is 13.2 Å². The Morgan fingerprint density at radius 3 is 2.80 bits per heavy atom. The average Bonchev–Trinajstić information content (AvgIpc) is 3.12. The number of aryl methyl sites for hydroxylation is 2. The fourth-order valence-electron chi connectivity index (χ4n) is 3.52. The number of hydrogen-bond acceptors (Lipinski definition) is 2. The van der Waals surface area contributed by atoms with E-state index in [-0.39, 0.29) is 29.9 Å². The minimum atomic E-state index is -4.13. The molecule has 140 valence electrons. The second-order valence-corrected chi connectivity index (χ2v) is 6.69. The van der Waals surface area contributed by atoms with E-state index in [1.807, 2.05) is 6.07 Å². The standard InChI is InChI=1S/C17H23F3N4.HI/c18-17(19,20)11-24-7-6-12(10-24)9-22-16(21)23-15-5-4-13-2-1-3-14(13)8-15;/h4-5,8,12H,1-3,6-7,9-11H2,(H3,21,22,23);1H. The normalized spacial score (nSPS) is 21.1. The highest BCUT2D eigenvalue weighted by atomic mass is 127. The Morgan fingerprint density at radius 1 is 1.28 bits per heavy atom. The van der Waals surface area contributed by atoms with Gasteiger partial charge in [-0.05, 0) is 61.4 Å². The van der Waals surface area contributed by atoms with Crippen molar-refractivity contribution in [3.63, 3.8) is 0 Å². The third-order valence-corrected chi connectivity index (χ3v) is 4.66. The zero-order chi connectivity index (χ0) is 17.2. The Kier molecular flexibility index (Phi) is 6.95. The summed E-state index contributed by atoms with van der Waals surface area (Å²) in [5.74, 6) is 0.454. The maximum Gasteiger partial charge on any atom is 0.401 e. The number of likely N-dealkylation sites (tertiary alicyclic amines) is 1. The predicted molar refractivity (Wildman–Crippen MR) is 105 cm³/mol. The number of rotatable bonds is 4. The van der Waals surface area contributed by atoms with Crippen molar-refractivity contribution in [3.8, 4) is 0 Å². The van der Waals surface area contributed by atoms with Crippen LogP contribution >= 0.6 is 24.0 Å². The van der Waals surface area contributed by atoms with Crippen molar-refractivity contribution in [2.24, 2.45) is 16.6 Å². The second kappa shape index (κ2) is 8.57. The molecule has 2 aliphatic rings. The molecule has 1 heterocycles. The van der Waals surface area contributed by atoms with Crippen LogP contribution in [0.1, 0.15) is 24.0 Å². The number of aliphatic imine (C=N–C) groups is 1. The molecule has 3 N–H and O–H groups in total. The minimum Gasteiger partial charge on any atom is -0.370 e. The van der Waals surface area contributed by atoms with Gasteiger partial charge in [-0.1, -0.05) is 6.07 Å². The molecule has 1 aromatic carbocycles. The van der Waals surface area contributed by atoms with Crippen LogP contribution in [0.5, 0.6) is 0 Å². The number of hydrogen-bond donors (Lipinski definition) is 2. The molecule has 3 rings (SSSR count). The van der Waals surface area contributed by atoms with Gasteiger partial charge in [0, 0.05) is 18.8 Å². The molecule has 4 nitrogen and oxygen atoms in total. The van der Waals surface area contributed by atoms with Crippen molar-refractivity contribution in [2.75, 3.05) is 31.5 Å². The Bertz CT molecular complexity index is 618. The Labute approximate surface area is 163 Å². The third-order valence-electron chi connectivity index (χ3n) is 4.66. The summed E-state index contributed by atoms with van der Waals surface area (Å²) in [6.45, 7) is 0.515. The minimum absolute atomic E-state index is 0. The molecule has 1 aliphatic heterocycles. The lowest BCUT2D eigenvalue weighted by atomic mass is 10.1. The summed E-state index contributed by atoms with van der Waals surface area (Å²) in [7, 11) is 0. The molecule has 8 heteroatoms. The Morgan fingerprint density at radius 2 is 2.04 bits per heavy atom. The fraction of sp³-hybridized carbons (Fsp3) is 0.588. The van der Waals surface area contributed by atoms with Crippen molar-refractivity contribution in [2.45, 2.75) is 31.9 Å². The first kappa shape index (κ1) is 20.3. The van der Waals surface area contributed by atoms with Crippen molar-refractivity contribution in [1.82, 2.24) is 4.90 Å². The molecule has 1 saturated heterocycles. The second-order valence-electron chi connectivity index (χ2n) is 6.69. The van der Waals surface area contributed by atoms with Gasteiger partial charge >= 0.3 is 6.18 Å². The number of alkyl halides is 3. The van der Waals surface area contributed by atoms with Crippen LogP contribution in [0.4, 0.5) is 18.9 Å². The monoisotopic (exact) mass is 468 g/mol. The lowest BCUT2D eigenvalue weighted by molar-refractivity contribution is -0.143. The van der Waals surface area contributed by atoms with Crippen molar-refractivity contribution in [3.05, 3.63) is 29.3 Å². The van der Waals surface area contributed by atoms with Crippen LogP contribution < -0.4 is 11.1 Å². The summed E-state index contributed by atoms with van der Waals surface area (Å²) in [6, 6.07) is 6.21. The van der Waals surface area contributed by atoms with Gasteiger partial charge in [0.1, 0.15) is 0 Å².